The van der Waals surface area contributed by atoms with Gasteiger partial charge in [-0.3, -0.25) is 4.90 Å². The summed E-state index contributed by atoms with van der Waals surface area (Å²) < 4.78 is 13.5. The fraction of sp³-hybridized carbons (Fsp3) is 0.409. The van der Waals surface area contributed by atoms with Gasteiger partial charge in [0.2, 0.25) is 0 Å². The van der Waals surface area contributed by atoms with Crippen molar-refractivity contribution in [1.29, 1.82) is 0 Å². The predicted molar refractivity (Wildman–Crippen MR) is 104 cm³/mol. The number of hydrogen-bond donors (Lipinski definition) is 2. The van der Waals surface area contributed by atoms with Crippen molar-refractivity contribution in [3.63, 3.8) is 0 Å². The quantitative estimate of drug-likeness (QED) is 0.852. The highest BCUT2D eigenvalue weighted by atomic mass is 19.1. The van der Waals surface area contributed by atoms with E-state index in [-0.39, 0.29) is 11.8 Å². The van der Waals surface area contributed by atoms with Crippen molar-refractivity contribution < 1.29 is 9.18 Å². The van der Waals surface area contributed by atoms with E-state index in [0.717, 1.165) is 61.2 Å². The lowest BCUT2D eigenvalue weighted by Gasteiger charge is -2.25. The first-order valence-corrected chi connectivity index (χ1v) is 9.82. The van der Waals surface area contributed by atoms with Crippen LogP contribution in [0.4, 0.5) is 14.9 Å². The molecule has 2 aromatic rings. The Morgan fingerprint density at radius 1 is 1.15 bits per heavy atom. The number of hydrogen-bond acceptors (Lipinski definition) is 2. The summed E-state index contributed by atoms with van der Waals surface area (Å²) in [5.41, 5.74) is 4.33. The smallest absolute Gasteiger partial charge is 0.322 e. The molecule has 4 nitrogen and oxygen atoms in total. The van der Waals surface area contributed by atoms with E-state index >= 15 is 0 Å². The summed E-state index contributed by atoms with van der Waals surface area (Å²) >= 11 is 0. The average molecular weight is 365 g/mol. The van der Waals surface area contributed by atoms with Gasteiger partial charge in [0, 0.05) is 18.3 Å². The number of anilines is 1. The molecule has 2 fully saturated rings. The Morgan fingerprint density at radius 3 is 2.78 bits per heavy atom. The number of halogens is 1. The maximum Gasteiger partial charge on any atom is 0.322 e. The summed E-state index contributed by atoms with van der Waals surface area (Å²) in [5.74, 6) is -0.231. The van der Waals surface area contributed by atoms with Crippen LogP contribution in [0, 0.1) is 11.2 Å². The maximum atomic E-state index is 13.5. The monoisotopic (exact) mass is 365 g/mol. The van der Waals surface area contributed by atoms with Gasteiger partial charge in [-0.05, 0) is 85.1 Å². The van der Waals surface area contributed by atoms with Crippen LogP contribution in [-0.2, 0) is 6.42 Å². The first-order chi connectivity index (χ1) is 13.1. The molecule has 1 atom stereocenters. The highest BCUT2D eigenvalue weighted by Gasteiger charge is 2.55. The molecule has 3 aliphatic rings. The first kappa shape index (κ1) is 16.8. The summed E-state index contributed by atoms with van der Waals surface area (Å²) in [6, 6.07) is 13.0. The molecular formula is C22H24FN3O. The fourth-order valence-electron chi connectivity index (χ4n) is 4.72. The zero-order valence-electron chi connectivity index (χ0n) is 15.3. The molecule has 0 radical (unpaired) electrons. The van der Waals surface area contributed by atoms with Crippen LogP contribution in [0.15, 0.2) is 42.5 Å². The Hall–Kier alpha value is -2.40. The number of urea groups is 1. The SMILES string of the molecule is O=C(NC1CC12CCNCC2)N1CCc2cc(-c3cccc(F)c3)ccc21. The van der Waals surface area contributed by atoms with Crippen molar-refractivity contribution >= 4 is 11.7 Å². The molecule has 2 N–H and O–H groups in total. The lowest BCUT2D eigenvalue weighted by Crippen LogP contribution is -2.43. The number of nitrogens with one attached hydrogen (secondary N) is 2. The van der Waals surface area contributed by atoms with Crippen molar-refractivity contribution in [2.45, 2.75) is 31.7 Å². The van der Waals surface area contributed by atoms with Gasteiger partial charge in [0.25, 0.3) is 0 Å². The zero-order valence-corrected chi connectivity index (χ0v) is 15.3. The zero-order chi connectivity index (χ0) is 18.4. The van der Waals surface area contributed by atoms with E-state index in [4.69, 9.17) is 0 Å². The largest absolute Gasteiger partial charge is 0.334 e. The second-order valence-electron chi connectivity index (χ2n) is 8.07. The molecule has 1 aliphatic carbocycles. The minimum Gasteiger partial charge on any atom is -0.334 e. The number of rotatable bonds is 2. The predicted octanol–water partition coefficient (Wildman–Crippen LogP) is 3.71. The fourth-order valence-corrected chi connectivity index (χ4v) is 4.72. The molecule has 2 aliphatic heterocycles. The van der Waals surface area contributed by atoms with Crippen molar-refractivity contribution in [3.8, 4) is 11.1 Å². The van der Waals surface area contributed by atoms with Gasteiger partial charge in [0.05, 0.1) is 0 Å². The standard InChI is InChI=1S/C22H24FN3O/c23-18-3-1-2-15(13-18)16-4-5-19-17(12-16)6-11-26(19)21(27)25-20-14-22(20)7-9-24-10-8-22/h1-5,12-13,20,24H,6-11,14H2,(H,25,27). The number of nitrogens with zero attached hydrogens (tertiary/aromatic N) is 1. The Labute approximate surface area is 158 Å². The van der Waals surface area contributed by atoms with Gasteiger partial charge in [-0.15, -0.1) is 0 Å². The highest BCUT2D eigenvalue weighted by molar-refractivity contribution is 5.95. The molecule has 0 bridgehead atoms. The Bertz CT molecular complexity index is 891. The van der Waals surface area contributed by atoms with Crippen LogP contribution in [0.3, 0.4) is 0 Å². The van der Waals surface area contributed by atoms with E-state index < -0.39 is 0 Å². The molecule has 1 saturated carbocycles. The van der Waals surface area contributed by atoms with Crippen molar-refractivity contribution in [1.82, 2.24) is 10.6 Å². The number of carbonyl (C=O) groups excluding carboxylic acids is 1. The Balaban J connectivity index is 1.31. The van der Waals surface area contributed by atoms with Crippen LogP contribution in [0.1, 0.15) is 24.8 Å². The van der Waals surface area contributed by atoms with E-state index in [0.29, 0.717) is 18.0 Å². The van der Waals surface area contributed by atoms with Gasteiger partial charge in [0.1, 0.15) is 5.82 Å². The molecule has 0 aromatic heterocycles. The number of carbonyl (C=O) groups is 1. The third-order valence-corrected chi connectivity index (χ3v) is 6.46. The van der Waals surface area contributed by atoms with Crippen LogP contribution in [0.25, 0.3) is 11.1 Å². The van der Waals surface area contributed by atoms with Crippen LogP contribution in [0.5, 0.6) is 0 Å². The van der Waals surface area contributed by atoms with E-state index in [1.807, 2.05) is 23.1 Å². The van der Waals surface area contributed by atoms with E-state index in [9.17, 15) is 9.18 Å². The average Bonchev–Trinajstić information content (AvgIpc) is 3.14. The van der Waals surface area contributed by atoms with Gasteiger partial charge in [-0.1, -0.05) is 18.2 Å². The molecule has 5 rings (SSSR count). The minimum absolute atomic E-state index is 0.0210. The van der Waals surface area contributed by atoms with Crippen LogP contribution >= 0.6 is 0 Å². The minimum atomic E-state index is -0.231. The maximum absolute atomic E-state index is 13.5. The molecule has 2 aromatic carbocycles. The van der Waals surface area contributed by atoms with Crippen LogP contribution in [0.2, 0.25) is 0 Å². The first-order valence-electron chi connectivity index (χ1n) is 9.82. The second-order valence-corrected chi connectivity index (χ2v) is 8.07. The van der Waals surface area contributed by atoms with E-state index in [1.165, 1.54) is 6.07 Å². The third-order valence-electron chi connectivity index (χ3n) is 6.46. The molecule has 27 heavy (non-hydrogen) atoms. The van der Waals surface area contributed by atoms with Crippen LogP contribution in [-0.4, -0.2) is 31.7 Å². The van der Waals surface area contributed by atoms with Crippen LogP contribution < -0.4 is 15.5 Å². The molecule has 2 heterocycles. The lowest BCUT2D eigenvalue weighted by molar-refractivity contribution is 0.242. The van der Waals surface area contributed by atoms with E-state index in [1.54, 1.807) is 12.1 Å². The van der Waals surface area contributed by atoms with Gasteiger partial charge < -0.3 is 10.6 Å². The summed E-state index contributed by atoms with van der Waals surface area (Å²) in [7, 11) is 0. The summed E-state index contributed by atoms with van der Waals surface area (Å²) in [5, 5.41) is 6.66. The normalized spacial score (nSPS) is 22.6. The number of piperidine rings is 1. The molecule has 1 saturated heterocycles. The van der Waals surface area contributed by atoms with Gasteiger partial charge in [-0.25, -0.2) is 9.18 Å². The molecule has 1 unspecified atom stereocenters. The Morgan fingerprint density at radius 2 is 1.96 bits per heavy atom. The van der Waals surface area contributed by atoms with Gasteiger partial charge in [0.15, 0.2) is 0 Å². The number of amides is 2. The third kappa shape index (κ3) is 3.00. The second kappa shape index (κ2) is 6.34. The molecule has 1 spiro atoms. The Kier molecular flexibility index (Phi) is 3.93. The molecule has 140 valence electrons. The van der Waals surface area contributed by atoms with Crippen molar-refractivity contribution in [3.05, 3.63) is 53.8 Å². The van der Waals surface area contributed by atoms with Crippen molar-refractivity contribution in [2.75, 3.05) is 24.5 Å². The van der Waals surface area contributed by atoms with E-state index in [2.05, 4.69) is 16.7 Å². The summed E-state index contributed by atoms with van der Waals surface area (Å²) in [4.78, 5) is 14.7. The molecule has 5 heteroatoms. The molecule has 2 amide bonds. The molecular weight excluding hydrogens is 341 g/mol. The number of fused-ring (bicyclic) bond motifs is 1. The number of benzene rings is 2. The van der Waals surface area contributed by atoms with Gasteiger partial charge in [-0.2, -0.15) is 0 Å². The highest BCUT2D eigenvalue weighted by Crippen LogP contribution is 2.52. The lowest BCUT2D eigenvalue weighted by atomic mass is 9.94. The summed E-state index contributed by atoms with van der Waals surface area (Å²) in [6.45, 7) is 2.82. The van der Waals surface area contributed by atoms with Crippen molar-refractivity contribution in [2.24, 2.45) is 5.41 Å². The summed E-state index contributed by atoms with van der Waals surface area (Å²) in [6.07, 6.45) is 4.27. The van der Waals surface area contributed by atoms with Gasteiger partial charge >= 0.3 is 6.03 Å². The topological polar surface area (TPSA) is 44.4 Å².